The molecule has 0 atom stereocenters. The zero-order valence-corrected chi connectivity index (χ0v) is 15.7. The van der Waals surface area contributed by atoms with E-state index in [0.29, 0.717) is 27.7 Å². The minimum atomic E-state index is -0.667. The second kappa shape index (κ2) is 6.77. The molecular formula is C19H24ClFO3. The predicted octanol–water partition coefficient (Wildman–Crippen LogP) is 5.25. The Balaban J connectivity index is 2.82. The van der Waals surface area contributed by atoms with Crippen LogP contribution in [0.2, 0.25) is 5.02 Å². The number of aliphatic hydroxyl groups is 1. The minimum absolute atomic E-state index is 0.246. The molecule has 1 aromatic rings. The Morgan fingerprint density at radius 2 is 2.04 bits per heavy atom. The van der Waals surface area contributed by atoms with E-state index in [0.717, 1.165) is 11.1 Å². The van der Waals surface area contributed by atoms with Gasteiger partial charge in [0.25, 0.3) is 0 Å². The fourth-order valence-corrected chi connectivity index (χ4v) is 3.21. The summed E-state index contributed by atoms with van der Waals surface area (Å²) in [6, 6.07) is 1.83. The van der Waals surface area contributed by atoms with Crippen LogP contribution in [0.5, 0.6) is 11.5 Å². The van der Waals surface area contributed by atoms with Gasteiger partial charge in [0, 0.05) is 11.1 Å². The SMILES string of the molecule is COc1c(C(C)=C(F)CO)cc2c(c1Cl)OC(C)(C)C=C2C(C)C. The summed E-state index contributed by atoms with van der Waals surface area (Å²) in [5.74, 6) is 0.524. The summed E-state index contributed by atoms with van der Waals surface area (Å²) in [7, 11) is 1.48. The van der Waals surface area contributed by atoms with E-state index in [1.54, 1.807) is 6.92 Å². The Kier molecular flexibility index (Phi) is 5.31. The highest BCUT2D eigenvalue weighted by Crippen LogP contribution is 2.50. The van der Waals surface area contributed by atoms with E-state index in [9.17, 15) is 4.39 Å². The number of hydrogen-bond acceptors (Lipinski definition) is 3. The molecule has 132 valence electrons. The number of aliphatic hydroxyl groups excluding tert-OH is 1. The second-order valence-corrected chi connectivity index (χ2v) is 7.17. The van der Waals surface area contributed by atoms with Crippen LogP contribution in [0.15, 0.2) is 18.0 Å². The lowest BCUT2D eigenvalue weighted by Crippen LogP contribution is -2.30. The molecule has 0 fully saturated rings. The van der Waals surface area contributed by atoms with E-state index in [2.05, 4.69) is 19.9 Å². The zero-order valence-electron chi connectivity index (χ0n) is 15.0. The van der Waals surface area contributed by atoms with Crippen molar-refractivity contribution >= 4 is 22.7 Å². The number of hydrogen-bond donors (Lipinski definition) is 1. The van der Waals surface area contributed by atoms with Crippen LogP contribution in [0.1, 0.15) is 45.7 Å². The fraction of sp³-hybridized carbons (Fsp3) is 0.474. The predicted molar refractivity (Wildman–Crippen MR) is 96.3 cm³/mol. The van der Waals surface area contributed by atoms with Gasteiger partial charge in [-0.25, -0.2) is 4.39 Å². The summed E-state index contributed by atoms with van der Waals surface area (Å²) in [5, 5.41) is 9.42. The smallest absolute Gasteiger partial charge is 0.150 e. The van der Waals surface area contributed by atoms with Gasteiger partial charge in [-0.1, -0.05) is 25.4 Å². The maximum Gasteiger partial charge on any atom is 0.150 e. The van der Waals surface area contributed by atoms with E-state index in [-0.39, 0.29) is 5.92 Å². The molecule has 2 rings (SSSR count). The van der Waals surface area contributed by atoms with Gasteiger partial charge in [0.05, 0.1) is 13.7 Å². The molecule has 1 aliphatic heterocycles. The van der Waals surface area contributed by atoms with Gasteiger partial charge in [-0.2, -0.15) is 0 Å². The first-order chi connectivity index (χ1) is 11.1. The molecule has 0 saturated carbocycles. The Bertz CT molecular complexity index is 718. The molecule has 1 aliphatic rings. The van der Waals surface area contributed by atoms with Crippen molar-refractivity contribution in [2.24, 2.45) is 5.92 Å². The third kappa shape index (κ3) is 3.31. The van der Waals surface area contributed by atoms with Crippen LogP contribution in [0.4, 0.5) is 4.39 Å². The largest absolute Gasteiger partial charge is 0.494 e. The van der Waals surface area contributed by atoms with Crippen molar-refractivity contribution < 1.29 is 19.0 Å². The first-order valence-corrected chi connectivity index (χ1v) is 8.29. The van der Waals surface area contributed by atoms with E-state index in [1.807, 2.05) is 19.9 Å². The Morgan fingerprint density at radius 1 is 1.42 bits per heavy atom. The van der Waals surface area contributed by atoms with Gasteiger partial charge in [0.2, 0.25) is 0 Å². The fourth-order valence-electron chi connectivity index (χ4n) is 2.89. The number of ether oxygens (including phenoxy) is 2. The molecule has 5 heteroatoms. The van der Waals surface area contributed by atoms with Crippen molar-refractivity contribution in [1.29, 1.82) is 0 Å². The van der Waals surface area contributed by atoms with Crippen molar-refractivity contribution in [1.82, 2.24) is 0 Å². The van der Waals surface area contributed by atoms with Crippen LogP contribution >= 0.6 is 11.6 Å². The molecule has 0 bridgehead atoms. The van der Waals surface area contributed by atoms with Crippen molar-refractivity contribution in [3.8, 4) is 11.5 Å². The van der Waals surface area contributed by atoms with Crippen molar-refractivity contribution in [2.45, 2.75) is 40.2 Å². The third-order valence-electron chi connectivity index (χ3n) is 4.13. The van der Waals surface area contributed by atoms with Gasteiger partial charge in [-0.15, -0.1) is 0 Å². The average molecular weight is 355 g/mol. The van der Waals surface area contributed by atoms with Gasteiger partial charge >= 0.3 is 0 Å². The molecule has 1 heterocycles. The molecule has 0 amide bonds. The second-order valence-electron chi connectivity index (χ2n) is 6.80. The number of benzene rings is 1. The molecule has 1 aromatic carbocycles. The Labute approximate surface area is 147 Å². The highest BCUT2D eigenvalue weighted by atomic mass is 35.5. The van der Waals surface area contributed by atoms with Gasteiger partial charge in [0.15, 0.2) is 5.75 Å². The van der Waals surface area contributed by atoms with E-state index in [1.165, 1.54) is 7.11 Å². The summed E-state index contributed by atoms with van der Waals surface area (Å²) >= 11 is 6.54. The molecule has 3 nitrogen and oxygen atoms in total. The van der Waals surface area contributed by atoms with E-state index >= 15 is 0 Å². The molecule has 0 aromatic heterocycles. The van der Waals surface area contributed by atoms with Gasteiger partial charge in [0.1, 0.15) is 22.2 Å². The highest BCUT2D eigenvalue weighted by Gasteiger charge is 2.32. The van der Waals surface area contributed by atoms with Crippen LogP contribution in [-0.2, 0) is 0 Å². The first-order valence-electron chi connectivity index (χ1n) is 7.92. The number of fused-ring (bicyclic) bond motifs is 1. The first kappa shape index (κ1) is 18.8. The summed E-state index contributed by atoms with van der Waals surface area (Å²) < 4.78 is 25.4. The van der Waals surface area contributed by atoms with Crippen molar-refractivity contribution in [2.75, 3.05) is 13.7 Å². The topological polar surface area (TPSA) is 38.7 Å². The van der Waals surface area contributed by atoms with Crippen molar-refractivity contribution in [3.05, 3.63) is 34.1 Å². The van der Waals surface area contributed by atoms with Crippen LogP contribution in [0.25, 0.3) is 11.1 Å². The molecular weight excluding hydrogens is 331 g/mol. The number of allylic oxidation sites excluding steroid dienone is 2. The summed E-state index contributed by atoms with van der Waals surface area (Å²) in [6.07, 6.45) is 2.06. The van der Waals surface area contributed by atoms with E-state index < -0.39 is 18.0 Å². The molecule has 0 unspecified atom stereocenters. The average Bonchev–Trinajstić information content (AvgIpc) is 2.52. The van der Waals surface area contributed by atoms with Gasteiger partial charge in [-0.3, -0.25) is 0 Å². The Hall–Kier alpha value is -1.52. The van der Waals surface area contributed by atoms with Crippen LogP contribution < -0.4 is 9.47 Å². The summed E-state index contributed by atoms with van der Waals surface area (Å²) in [5.41, 5.74) is 2.23. The molecule has 0 radical (unpaired) electrons. The standard InChI is InChI=1S/C19H24ClFO3/c1-10(2)14-8-19(4,5)24-18-13(14)7-12(11(3)15(21)9-22)17(23-6)16(18)20/h7-8,10,22H,9H2,1-6H3. The van der Waals surface area contributed by atoms with Crippen LogP contribution in [0, 0.1) is 5.92 Å². The minimum Gasteiger partial charge on any atom is -0.494 e. The lowest BCUT2D eigenvalue weighted by Gasteiger charge is -2.34. The van der Waals surface area contributed by atoms with Crippen LogP contribution in [0.3, 0.4) is 0 Å². The molecule has 0 spiro atoms. The number of halogens is 2. The Morgan fingerprint density at radius 3 is 2.54 bits per heavy atom. The van der Waals surface area contributed by atoms with Gasteiger partial charge in [-0.05, 0) is 50.0 Å². The normalized spacial score (nSPS) is 17.0. The summed E-state index contributed by atoms with van der Waals surface area (Å²) in [6.45, 7) is 9.04. The monoisotopic (exact) mass is 354 g/mol. The molecule has 24 heavy (non-hydrogen) atoms. The maximum absolute atomic E-state index is 14.0. The number of methoxy groups -OCH3 is 1. The lowest BCUT2D eigenvalue weighted by molar-refractivity contribution is 0.156. The maximum atomic E-state index is 14.0. The quantitative estimate of drug-likeness (QED) is 0.802. The summed E-state index contributed by atoms with van der Waals surface area (Å²) in [4.78, 5) is 0. The van der Waals surface area contributed by atoms with Gasteiger partial charge < -0.3 is 14.6 Å². The lowest BCUT2D eigenvalue weighted by atomic mass is 9.86. The molecule has 1 N–H and O–H groups in total. The zero-order chi connectivity index (χ0) is 18.2. The molecule has 0 saturated heterocycles. The highest BCUT2D eigenvalue weighted by molar-refractivity contribution is 6.34. The number of rotatable bonds is 4. The van der Waals surface area contributed by atoms with E-state index in [4.69, 9.17) is 26.2 Å². The third-order valence-corrected chi connectivity index (χ3v) is 4.47. The molecule has 0 aliphatic carbocycles. The van der Waals surface area contributed by atoms with Crippen LogP contribution in [-0.4, -0.2) is 24.4 Å². The van der Waals surface area contributed by atoms with Crippen molar-refractivity contribution in [3.63, 3.8) is 0 Å².